The first kappa shape index (κ1) is 18.4. The molecule has 2 aromatic rings. The summed E-state index contributed by atoms with van der Waals surface area (Å²) in [6, 6.07) is 7.77. The van der Waals surface area contributed by atoms with Gasteiger partial charge in [0.15, 0.2) is 11.5 Å². The summed E-state index contributed by atoms with van der Waals surface area (Å²) in [5.41, 5.74) is 1.02. The van der Waals surface area contributed by atoms with E-state index in [1.54, 1.807) is 31.3 Å². The van der Waals surface area contributed by atoms with Gasteiger partial charge in [0.05, 0.1) is 14.2 Å². The van der Waals surface area contributed by atoms with Crippen LogP contribution in [0.4, 0.5) is 8.78 Å². The van der Waals surface area contributed by atoms with Gasteiger partial charge in [-0.3, -0.25) is 4.79 Å². The second kappa shape index (κ2) is 8.27. The summed E-state index contributed by atoms with van der Waals surface area (Å²) in [6.07, 6.45) is 1.53. The number of amides is 1. The molecule has 0 spiro atoms. The zero-order valence-corrected chi connectivity index (χ0v) is 14.0. The lowest BCUT2D eigenvalue weighted by atomic mass is 10.1. The summed E-state index contributed by atoms with van der Waals surface area (Å²) in [5, 5.41) is 0. The maximum Gasteiger partial charge on any atom is 0.387 e. The molecule has 2 rings (SSSR count). The van der Waals surface area contributed by atoms with Crippen molar-refractivity contribution in [2.45, 2.75) is 13.2 Å². The molecular formula is C17H18F2N2O4. The van der Waals surface area contributed by atoms with Crippen LogP contribution < -0.4 is 14.2 Å². The topological polar surface area (TPSA) is 60.9 Å². The molecule has 0 saturated heterocycles. The smallest absolute Gasteiger partial charge is 0.387 e. The molecule has 6 nitrogen and oxygen atoms in total. The number of aromatic nitrogens is 1. The zero-order chi connectivity index (χ0) is 18.4. The largest absolute Gasteiger partial charge is 0.493 e. The zero-order valence-electron chi connectivity index (χ0n) is 14.0. The van der Waals surface area contributed by atoms with Gasteiger partial charge in [-0.15, -0.1) is 0 Å². The van der Waals surface area contributed by atoms with E-state index in [1.807, 2.05) is 0 Å². The van der Waals surface area contributed by atoms with Crippen LogP contribution in [0.1, 0.15) is 15.9 Å². The van der Waals surface area contributed by atoms with Gasteiger partial charge in [0.2, 0.25) is 5.88 Å². The second-order valence-corrected chi connectivity index (χ2v) is 5.09. The first-order chi connectivity index (χ1) is 12.0. The van der Waals surface area contributed by atoms with Crippen molar-refractivity contribution in [3.8, 4) is 17.4 Å². The number of halogens is 2. The number of hydrogen-bond acceptors (Lipinski definition) is 5. The van der Waals surface area contributed by atoms with E-state index in [-0.39, 0.29) is 29.8 Å². The van der Waals surface area contributed by atoms with Crippen LogP contribution in [-0.2, 0) is 6.54 Å². The lowest BCUT2D eigenvalue weighted by molar-refractivity contribution is -0.0512. The van der Waals surface area contributed by atoms with E-state index < -0.39 is 6.61 Å². The van der Waals surface area contributed by atoms with Crippen LogP contribution in [0, 0.1) is 0 Å². The second-order valence-electron chi connectivity index (χ2n) is 5.09. The van der Waals surface area contributed by atoms with Gasteiger partial charge in [-0.2, -0.15) is 8.78 Å². The summed E-state index contributed by atoms with van der Waals surface area (Å²) in [5.74, 6) is 0.0520. The predicted octanol–water partition coefficient (Wildman–Crippen LogP) is 2.97. The Morgan fingerprint density at radius 2 is 1.96 bits per heavy atom. The number of benzene rings is 1. The molecule has 0 aliphatic heterocycles. The van der Waals surface area contributed by atoms with Crippen LogP contribution in [0.2, 0.25) is 0 Å². The fraction of sp³-hybridized carbons (Fsp3) is 0.294. The summed E-state index contributed by atoms with van der Waals surface area (Å²) in [7, 11) is 4.41. The van der Waals surface area contributed by atoms with E-state index in [2.05, 4.69) is 9.72 Å². The third-order valence-corrected chi connectivity index (χ3v) is 3.41. The summed E-state index contributed by atoms with van der Waals surface area (Å²) >= 11 is 0. The average molecular weight is 352 g/mol. The highest BCUT2D eigenvalue weighted by Crippen LogP contribution is 2.30. The maximum absolute atomic E-state index is 12.5. The van der Waals surface area contributed by atoms with E-state index in [0.717, 1.165) is 0 Å². The lowest BCUT2D eigenvalue weighted by Crippen LogP contribution is -2.26. The molecule has 0 N–H and O–H groups in total. The number of carbonyl (C=O) groups is 1. The predicted molar refractivity (Wildman–Crippen MR) is 86.2 cm³/mol. The third-order valence-electron chi connectivity index (χ3n) is 3.41. The first-order valence-corrected chi connectivity index (χ1v) is 7.32. The van der Waals surface area contributed by atoms with Crippen molar-refractivity contribution in [2.24, 2.45) is 0 Å². The van der Waals surface area contributed by atoms with Crippen molar-refractivity contribution in [1.82, 2.24) is 9.88 Å². The molecule has 134 valence electrons. The minimum atomic E-state index is -2.94. The van der Waals surface area contributed by atoms with Crippen LogP contribution in [0.3, 0.4) is 0 Å². The lowest BCUT2D eigenvalue weighted by Gasteiger charge is -2.19. The molecule has 0 saturated carbocycles. The minimum Gasteiger partial charge on any atom is -0.493 e. The Labute approximate surface area is 143 Å². The Morgan fingerprint density at radius 3 is 2.60 bits per heavy atom. The number of methoxy groups -OCH3 is 2. The van der Waals surface area contributed by atoms with Crippen molar-refractivity contribution < 1.29 is 27.8 Å². The molecule has 0 aliphatic carbocycles. The molecular weight excluding hydrogens is 334 g/mol. The molecule has 0 bridgehead atoms. The summed E-state index contributed by atoms with van der Waals surface area (Å²) < 4.78 is 39.3. The van der Waals surface area contributed by atoms with Crippen molar-refractivity contribution in [3.05, 3.63) is 47.7 Å². The van der Waals surface area contributed by atoms with Gasteiger partial charge in [-0.05, 0) is 29.8 Å². The van der Waals surface area contributed by atoms with Crippen molar-refractivity contribution in [3.63, 3.8) is 0 Å². The van der Waals surface area contributed by atoms with Gasteiger partial charge in [0.25, 0.3) is 5.91 Å². The van der Waals surface area contributed by atoms with Gasteiger partial charge >= 0.3 is 6.61 Å². The van der Waals surface area contributed by atoms with E-state index in [4.69, 9.17) is 9.47 Å². The highest BCUT2D eigenvalue weighted by atomic mass is 19.3. The number of ether oxygens (including phenoxy) is 3. The van der Waals surface area contributed by atoms with Crippen LogP contribution in [0.25, 0.3) is 0 Å². The van der Waals surface area contributed by atoms with E-state index in [9.17, 15) is 13.6 Å². The Morgan fingerprint density at radius 1 is 1.20 bits per heavy atom. The fourth-order valence-corrected chi connectivity index (χ4v) is 2.27. The SMILES string of the molecule is COc1cc(CN(C)C(=O)c2cccnc2OC)ccc1OC(F)F. The highest BCUT2D eigenvalue weighted by Gasteiger charge is 2.18. The normalized spacial score (nSPS) is 10.5. The monoisotopic (exact) mass is 352 g/mol. The van der Waals surface area contributed by atoms with Crippen LogP contribution >= 0.6 is 0 Å². The van der Waals surface area contributed by atoms with Crippen LogP contribution in [-0.4, -0.2) is 43.7 Å². The van der Waals surface area contributed by atoms with Gasteiger partial charge in [0, 0.05) is 19.8 Å². The van der Waals surface area contributed by atoms with Crippen LogP contribution in [0.5, 0.6) is 17.4 Å². The highest BCUT2D eigenvalue weighted by molar-refractivity contribution is 5.96. The molecule has 0 atom stereocenters. The van der Waals surface area contributed by atoms with E-state index >= 15 is 0 Å². The van der Waals surface area contributed by atoms with Gasteiger partial charge < -0.3 is 19.1 Å². The number of rotatable bonds is 7. The van der Waals surface area contributed by atoms with Gasteiger partial charge in [-0.1, -0.05) is 6.07 Å². The quantitative estimate of drug-likeness (QED) is 0.767. The number of alkyl halides is 2. The number of carbonyl (C=O) groups excluding carboxylic acids is 1. The third kappa shape index (κ3) is 4.56. The summed E-state index contributed by atoms with van der Waals surface area (Å²) in [6.45, 7) is -2.70. The standard InChI is InChI=1S/C17H18F2N2O4/c1-21(16(22)12-5-4-8-20-15(12)24-3)10-11-6-7-13(25-17(18)19)14(9-11)23-2/h4-9,17H,10H2,1-3H3. The Bertz CT molecular complexity index is 740. The molecule has 0 aliphatic rings. The van der Waals surface area contributed by atoms with Crippen molar-refractivity contribution in [1.29, 1.82) is 0 Å². The minimum absolute atomic E-state index is 0.0656. The average Bonchev–Trinajstić information content (AvgIpc) is 2.61. The Balaban J connectivity index is 2.17. The molecule has 8 heteroatoms. The molecule has 25 heavy (non-hydrogen) atoms. The van der Waals surface area contributed by atoms with Crippen molar-refractivity contribution in [2.75, 3.05) is 21.3 Å². The molecule has 0 fully saturated rings. The Kier molecular flexibility index (Phi) is 6.10. The Hall–Kier alpha value is -2.90. The molecule has 0 radical (unpaired) electrons. The fourth-order valence-electron chi connectivity index (χ4n) is 2.27. The van der Waals surface area contributed by atoms with Crippen molar-refractivity contribution >= 4 is 5.91 Å². The van der Waals surface area contributed by atoms with Gasteiger partial charge in [-0.25, -0.2) is 4.98 Å². The van der Waals surface area contributed by atoms with Crippen LogP contribution in [0.15, 0.2) is 36.5 Å². The number of pyridine rings is 1. The molecule has 0 unspecified atom stereocenters. The number of nitrogens with zero attached hydrogens (tertiary/aromatic N) is 2. The van der Waals surface area contributed by atoms with E-state index in [1.165, 1.54) is 31.4 Å². The molecule has 1 heterocycles. The maximum atomic E-state index is 12.5. The number of hydrogen-bond donors (Lipinski definition) is 0. The molecule has 1 amide bonds. The van der Waals surface area contributed by atoms with Gasteiger partial charge in [0.1, 0.15) is 5.56 Å². The molecule has 1 aromatic carbocycles. The summed E-state index contributed by atoms with van der Waals surface area (Å²) in [4.78, 5) is 18.0. The first-order valence-electron chi connectivity index (χ1n) is 7.32. The molecule has 1 aromatic heterocycles. The van der Waals surface area contributed by atoms with E-state index in [0.29, 0.717) is 11.1 Å².